The van der Waals surface area contributed by atoms with Crippen molar-refractivity contribution in [2.24, 2.45) is 0 Å². The summed E-state index contributed by atoms with van der Waals surface area (Å²) in [6.45, 7) is 1.80. The Bertz CT molecular complexity index is 545. The van der Waals surface area contributed by atoms with Gasteiger partial charge >= 0.3 is 0 Å². The number of aromatic nitrogens is 1. The van der Waals surface area contributed by atoms with Crippen molar-refractivity contribution >= 4 is 23.2 Å². The monoisotopic (exact) mass is 285 g/mol. The summed E-state index contributed by atoms with van der Waals surface area (Å²) in [5.41, 5.74) is 0.814. The molecule has 0 spiro atoms. The first-order chi connectivity index (χ1) is 8.56. The molecule has 1 atom stereocenters. The number of hydrogen-bond donors (Lipinski definition) is 0. The van der Waals surface area contributed by atoms with Crippen LogP contribution in [-0.4, -0.2) is 4.98 Å². The van der Waals surface area contributed by atoms with Crippen LogP contribution in [0.2, 0.25) is 10.2 Å². The van der Waals surface area contributed by atoms with Crippen LogP contribution in [0, 0.1) is 5.82 Å². The highest BCUT2D eigenvalue weighted by atomic mass is 35.5. The van der Waals surface area contributed by atoms with Crippen molar-refractivity contribution in [3.8, 4) is 5.75 Å². The molecule has 1 aromatic carbocycles. The predicted octanol–water partition coefficient (Wildman–Crippen LogP) is 4.67. The van der Waals surface area contributed by atoms with E-state index in [9.17, 15) is 4.39 Å². The van der Waals surface area contributed by atoms with E-state index in [2.05, 4.69) is 4.98 Å². The van der Waals surface area contributed by atoms with Crippen LogP contribution in [0.4, 0.5) is 4.39 Å². The number of ether oxygens (including phenoxy) is 1. The average molecular weight is 286 g/mol. The molecule has 0 saturated carbocycles. The summed E-state index contributed by atoms with van der Waals surface area (Å²) >= 11 is 11.4. The van der Waals surface area contributed by atoms with Gasteiger partial charge in [-0.2, -0.15) is 0 Å². The van der Waals surface area contributed by atoms with Crippen LogP contribution in [0.5, 0.6) is 5.75 Å². The largest absolute Gasteiger partial charge is 0.483 e. The van der Waals surface area contributed by atoms with Crippen LogP contribution in [0.15, 0.2) is 36.5 Å². The van der Waals surface area contributed by atoms with Gasteiger partial charge in [-0.15, -0.1) is 0 Å². The molecule has 18 heavy (non-hydrogen) atoms. The van der Waals surface area contributed by atoms with Gasteiger partial charge in [0.25, 0.3) is 0 Å². The van der Waals surface area contributed by atoms with E-state index < -0.39 is 5.82 Å². The number of pyridine rings is 1. The van der Waals surface area contributed by atoms with E-state index >= 15 is 0 Å². The highest BCUT2D eigenvalue weighted by Crippen LogP contribution is 2.26. The molecule has 2 rings (SSSR count). The Balaban J connectivity index is 2.15. The molecule has 0 fully saturated rings. The van der Waals surface area contributed by atoms with Gasteiger partial charge in [-0.25, -0.2) is 9.37 Å². The third-order valence-electron chi connectivity index (χ3n) is 2.42. The molecule has 2 nitrogen and oxygen atoms in total. The lowest BCUT2D eigenvalue weighted by atomic mass is 10.2. The lowest BCUT2D eigenvalue weighted by molar-refractivity contribution is 0.216. The number of hydrogen-bond acceptors (Lipinski definition) is 2. The zero-order chi connectivity index (χ0) is 13.1. The van der Waals surface area contributed by atoms with Crippen molar-refractivity contribution in [3.05, 3.63) is 58.1 Å². The van der Waals surface area contributed by atoms with Crippen LogP contribution < -0.4 is 4.74 Å². The molecule has 1 unspecified atom stereocenters. The van der Waals surface area contributed by atoms with Crippen LogP contribution in [0.1, 0.15) is 18.6 Å². The van der Waals surface area contributed by atoms with Gasteiger partial charge in [0.1, 0.15) is 11.3 Å². The lowest BCUT2D eigenvalue weighted by Crippen LogP contribution is -2.04. The van der Waals surface area contributed by atoms with Crippen LogP contribution >= 0.6 is 23.2 Å². The first-order valence-electron chi connectivity index (χ1n) is 5.29. The fourth-order valence-electron chi connectivity index (χ4n) is 1.46. The molecule has 0 aliphatic carbocycles. The molecule has 0 bridgehead atoms. The predicted molar refractivity (Wildman–Crippen MR) is 69.7 cm³/mol. The Labute approximate surface area is 114 Å². The molecular formula is C13H10Cl2FNO. The van der Waals surface area contributed by atoms with E-state index in [-0.39, 0.29) is 11.9 Å². The summed E-state index contributed by atoms with van der Waals surface area (Å²) in [7, 11) is 0. The molecule has 0 N–H and O–H groups in total. The summed E-state index contributed by atoms with van der Waals surface area (Å²) in [6.07, 6.45) is 1.27. The Morgan fingerprint density at radius 3 is 2.61 bits per heavy atom. The minimum Gasteiger partial charge on any atom is -0.483 e. The third kappa shape index (κ3) is 3.12. The quantitative estimate of drug-likeness (QED) is 0.765. The topological polar surface area (TPSA) is 22.1 Å². The minimum atomic E-state index is -0.490. The van der Waals surface area contributed by atoms with Crippen molar-refractivity contribution in [3.63, 3.8) is 0 Å². The second-order valence-electron chi connectivity index (χ2n) is 3.75. The van der Waals surface area contributed by atoms with Gasteiger partial charge in [0.05, 0.1) is 0 Å². The fraction of sp³-hybridized carbons (Fsp3) is 0.154. The molecule has 0 aliphatic heterocycles. The number of benzene rings is 1. The normalized spacial score (nSPS) is 12.2. The lowest BCUT2D eigenvalue weighted by Gasteiger charge is -2.15. The van der Waals surface area contributed by atoms with E-state index in [1.807, 2.05) is 0 Å². The van der Waals surface area contributed by atoms with Gasteiger partial charge in [-0.3, -0.25) is 0 Å². The SMILES string of the molecule is CC(Oc1ccc(Cl)cc1F)c1ccc(Cl)nc1. The van der Waals surface area contributed by atoms with Crippen LogP contribution in [0.25, 0.3) is 0 Å². The summed E-state index contributed by atoms with van der Waals surface area (Å²) in [4.78, 5) is 3.95. The first-order valence-corrected chi connectivity index (χ1v) is 6.05. The number of halogens is 3. The molecule has 0 amide bonds. The second kappa shape index (κ2) is 5.55. The van der Waals surface area contributed by atoms with E-state index in [4.69, 9.17) is 27.9 Å². The summed E-state index contributed by atoms with van der Waals surface area (Å²) in [6, 6.07) is 7.73. The summed E-state index contributed by atoms with van der Waals surface area (Å²) in [5.74, 6) is -0.335. The molecule has 1 heterocycles. The Hall–Kier alpha value is -1.32. The van der Waals surface area contributed by atoms with E-state index in [0.29, 0.717) is 10.2 Å². The number of rotatable bonds is 3. The van der Waals surface area contributed by atoms with Gasteiger partial charge in [0.15, 0.2) is 11.6 Å². The van der Waals surface area contributed by atoms with Gasteiger partial charge < -0.3 is 4.74 Å². The molecule has 2 aromatic rings. The maximum Gasteiger partial charge on any atom is 0.166 e. The van der Waals surface area contributed by atoms with Crippen molar-refractivity contribution in [1.82, 2.24) is 4.98 Å². The molecule has 0 aliphatic rings. The van der Waals surface area contributed by atoms with Crippen molar-refractivity contribution < 1.29 is 9.13 Å². The molecule has 0 radical (unpaired) electrons. The molecule has 5 heteroatoms. The van der Waals surface area contributed by atoms with Crippen molar-refractivity contribution in [2.45, 2.75) is 13.0 Å². The zero-order valence-corrected chi connectivity index (χ0v) is 11.0. The molecule has 0 saturated heterocycles. The standard InChI is InChI=1S/C13H10Cl2FNO/c1-8(9-2-5-13(15)17-7-9)18-12-4-3-10(14)6-11(12)16/h2-8H,1H3. The summed E-state index contributed by atoms with van der Waals surface area (Å²) in [5, 5.41) is 0.740. The minimum absolute atomic E-state index is 0.154. The molecular weight excluding hydrogens is 276 g/mol. The number of nitrogens with zero attached hydrogens (tertiary/aromatic N) is 1. The summed E-state index contributed by atoms with van der Waals surface area (Å²) < 4.78 is 19.1. The highest BCUT2D eigenvalue weighted by molar-refractivity contribution is 6.30. The zero-order valence-electron chi connectivity index (χ0n) is 9.53. The average Bonchev–Trinajstić information content (AvgIpc) is 2.33. The highest BCUT2D eigenvalue weighted by Gasteiger charge is 2.11. The van der Waals surface area contributed by atoms with E-state index in [0.717, 1.165) is 5.56 Å². The van der Waals surface area contributed by atoms with Gasteiger partial charge in [0, 0.05) is 16.8 Å². The Morgan fingerprint density at radius 1 is 1.22 bits per heavy atom. The smallest absolute Gasteiger partial charge is 0.166 e. The molecule has 1 aromatic heterocycles. The first kappa shape index (κ1) is 13.1. The van der Waals surface area contributed by atoms with E-state index in [1.165, 1.54) is 12.1 Å². The second-order valence-corrected chi connectivity index (χ2v) is 4.57. The van der Waals surface area contributed by atoms with Gasteiger partial charge in [0.2, 0.25) is 0 Å². The Morgan fingerprint density at radius 2 is 2.00 bits per heavy atom. The fourth-order valence-corrected chi connectivity index (χ4v) is 1.73. The molecule has 94 valence electrons. The third-order valence-corrected chi connectivity index (χ3v) is 2.88. The maximum atomic E-state index is 13.5. The van der Waals surface area contributed by atoms with Gasteiger partial charge in [-0.05, 0) is 31.2 Å². The maximum absolute atomic E-state index is 13.5. The van der Waals surface area contributed by atoms with Crippen LogP contribution in [-0.2, 0) is 0 Å². The van der Waals surface area contributed by atoms with Crippen molar-refractivity contribution in [1.29, 1.82) is 0 Å². The van der Waals surface area contributed by atoms with Crippen LogP contribution in [0.3, 0.4) is 0 Å². The Kier molecular flexibility index (Phi) is 4.04. The van der Waals surface area contributed by atoms with Crippen molar-refractivity contribution in [2.75, 3.05) is 0 Å². The van der Waals surface area contributed by atoms with E-state index in [1.54, 1.807) is 31.3 Å². The van der Waals surface area contributed by atoms with Gasteiger partial charge in [-0.1, -0.05) is 29.3 Å².